The summed E-state index contributed by atoms with van der Waals surface area (Å²) in [6.07, 6.45) is -13.4. The zero-order valence-corrected chi connectivity index (χ0v) is 38.8. The average Bonchev–Trinajstić information content (AvgIpc) is 3.25. The highest BCUT2D eigenvalue weighted by atomic mass is 16.7. The van der Waals surface area contributed by atoms with E-state index in [-0.39, 0.29) is 41.3 Å². The van der Waals surface area contributed by atoms with Gasteiger partial charge in [-0.05, 0) is 104 Å². The van der Waals surface area contributed by atoms with Crippen molar-refractivity contribution >= 4 is 5.97 Å². The topological polar surface area (TPSA) is 295 Å². The largest absolute Gasteiger partial charge is 0.432 e. The smallest absolute Gasteiger partial charge is 0.315 e. The second-order valence-corrected chi connectivity index (χ2v) is 22.7. The molecule has 0 bridgehead atoms. The molecule has 3 heterocycles. The van der Waals surface area contributed by atoms with Crippen molar-refractivity contribution in [1.82, 2.24) is 0 Å². The first-order valence-electron chi connectivity index (χ1n) is 23.9. The predicted molar refractivity (Wildman–Crippen MR) is 226 cm³/mol. The van der Waals surface area contributed by atoms with E-state index in [2.05, 4.69) is 40.7 Å². The minimum absolute atomic E-state index is 0.150. The summed E-state index contributed by atoms with van der Waals surface area (Å²) in [7, 11) is 0. The molecule has 0 aromatic rings. The Morgan fingerprint density at radius 3 is 1.94 bits per heavy atom. The molecule has 5 aliphatic carbocycles. The van der Waals surface area contributed by atoms with Crippen molar-refractivity contribution in [3.63, 3.8) is 0 Å². The molecular weight excluding hydrogens is 852 g/mol. The van der Waals surface area contributed by atoms with Crippen LogP contribution in [0.2, 0.25) is 0 Å². The zero-order chi connectivity index (χ0) is 47.6. The molecule has 18 nitrogen and oxygen atoms in total. The Kier molecular flexibility index (Phi) is 13.4. The lowest BCUT2D eigenvalue weighted by atomic mass is 9.33. The van der Waals surface area contributed by atoms with Crippen molar-refractivity contribution in [3.05, 3.63) is 11.6 Å². The number of carbonyl (C=O) groups is 1. The van der Waals surface area contributed by atoms with E-state index in [1.165, 1.54) is 0 Å². The van der Waals surface area contributed by atoms with Crippen LogP contribution < -0.4 is 0 Å². The molecule has 11 N–H and O–H groups in total. The SMILES string of the molecule is C[C@H]1CC[C@]2(C(=O)O[C@@H]3O[C@@H](CO)[C@H](O)[C@H](O)[C@@H]3O)CC[C@]3(C)C(=CC[C@@H]4[C@@]5(C)CC[C@H](O[C@@H]6OC[C@@H](O)[C@H](O[C@@H]7O[C@H](CO)[C@H](O)[C@H](O)[C@@H]7O)[C@@H]6O)C(C)(C)[C@H]5CC[C@@]43C)[C@H]2[C@@]1(C)O. The van der Waals surface area contributed by atoms with Gasteiger partial charge >= 0.3 is 5.97 Å². The highest BCUT2D eigenvalue weighted by molar-refractivity contribution is 5.79. The number of allylic oxidation sites excluding steroid dienone is 1. The lowest BCUT2D eigenvalue weighted by Crippen LogP contribution is -2.68. The number of hydrogen-bond acceptors (Lipinski definition) is 18. The fourth-order valence-corrected chi connectivity index (χ4v) is 15.0. The number of hydrogen-bond donors (Lipinski definition) is 11. The highest BCUT2D eigenvalue weighted by Gasteiger charge is 2.72. The fourth-order valence-electron chi connectivity index (χ4n) is 15.0. The quantitative estimate of drug-likeness (QED) is 0.0850. The highest BCUT2D eigenvalue weighted by Crippen LogP contribution is 2.76. The molecule has 8 aliphatic rings. The van der Waals surface area contributed by atoms with Gasteiger partial charge in [0.1, 0.15) is 67.1 Å². The molecule has 0 unspecified atom stereocenters. The summed E-state index contributed by atoms with van der Waals surface area (Å²) in [6.45, 7) is 13.7. The molecule has 0 aromatic heterocycles. The van der Waals surface area contributed by atoms with E-state index in [1.807, 2.05) is 13.8 Å². The summed E-state index contributed by atoms with van der Waals surface area (Å²) >= 11 is 0. The maximum absolute atomic E-state index is 14.7. The van der Waals surface area contributed by atoms with Gasteiger partial charge in [-0.25, -0.2) is 0 Å². The predicted octanol–water partition coefficient (Wildman–Crippen LogP) is -0.250. The van der Waals surface area contributed by atoms with E-state index >= 15 is 0 Å². The number of carbonyl (C=O) groups excluding carboxylic acids is 1. The summed E-state index contributed by atoms with van der Waals surface area (Å²) in [5.74, 6) is -1.02. The molecule has 4 saturated carbocycles. The third-order valence-corrected chi connectivity index (χ3v) is 19.3. The van der Waals surface area contributed by atoms with Crippen LogP contribution in [-0.4, -0.2) is 180 Å². The molecule has 18 heteroatoms. The Morgan fingerprint density at radius 2 is 1.31 bits per heavy atom. The minimum atomic E-state index is -1.75. The van der Waals surface area contributed by atoms with E-state index in [0.717, 1.165) is 24.8 Å². The Hall–Kier alpha value is -1.43. The van der Waals surface area contributed by atoms with Crippen molar-refractivity contribution in [1.29, 1.82) is 0 Å². The standard InChI is InChI=1S/C47H76O18/c1-21-10-15-47(41(58)65-40-34(56)32(54)30(52)25(19-49)62-40)17-16-44(5)22(37(47)46(21,7)59)8-9-27-43(4)13-12-28(42(2,3)26(43)11-14-45(27,44)6)63-38-35(57)36(23(50)20-60-38)64-39-33(55)31(53)29(51)24(18-48)61-39/h8,21,23-40,48-57,59H,9-20H2,1-7H3/t21-,23+,24+,25-,26+,27+,28-,29-,30-,31-,32-,33-,34-,35-,36-,37-,38-,39-,40-,43-,44+,45-,46-,47-/m0/s1. The van der Waals surface area contributed by atoms with Gasteiger partial charge in [0.25, 0.3) is 0 Å². The van der Waals surface area contributed by atoms with Gasteiger partial charge in [0.2, 0.25) is 6.29 Å². The van der Waals surface area contributed by atoms with Crippen LogP contribution in [0.3, 0.4) is 0 Å². The number of rotatable bonds is 8. The molecule has 0 aromatic carbocycles. The molecule has 0 amide bonds. The first kappa shape index (κ1) is 50.0. The monoisotopic (exact) mass is 929 g/mol. The van der Waals surface area contributed by atoms with Crippen LogP contribution in [0, 0.1) is 50.7 Å². The molecule has 0 radical (unpaired) electrons. The number of aliphatic hydroxyl groups is 11. The van der Waals surface area contributed by atoms with Crippen molar-refractivity contribution < 1.29 is 89.4 Å². The van der Waals surface area contributed by atoms with E-state index in [4.69, 9.17) is 28.4 Å². The summed E-state index contributed by atoms with van der Waals surface area (Å²) in [4.78, 5) is 14.7. The first-order chi connectivity index (χ1) is 30.3. The summed E-state index contributed by atoms with van der Waals surface area (Å²) in [5.41, 5.74) is -2.68. The first-order valence-corrected chi connectivity index (χ1v) is 23.9. The van der Waals surface area contributed by atoms with Crippen LogP contribution in [0.1, 0.15) is 106 Å². The molecular formula is C47H76O18. The van der Waals surface area contributed by atoms with Gasteiger partial charge < -0.3 is 84.6 Å². The molecule has 65 heavy (non-hydrogen) atoms. The van der Waals surface area contributed by atoms with E-state index in [9.17, 15) is 61.0 Å². The van der Waals surface area contributed by atoms with Gasteiger partial charge in [0, 0.05) is 5.92 Å². The molecule has 7 fully saturated rings. The summed E-state index contributed by atoms with van der Waals surface area (Å²) in [5, 5.41) is 117. The molecule has 3 saturated heterocycles. The van der Waals surface area contributed by atoms with E-state index < -0.39 is 133 Å². The van der Waals surface area contributed by atoms with Gasteiger partial charge in [-0.15, -0.1) is 0 Å². The van der Waals surface area contributed by atoms with Gasteiger partial charge in [-0.1, -0.05) is 53.2 Å². The number of aliphatic hydroxyl groups excluding tert-OH is 10. The van der Waals surface area contributed by atoms with Crippen LogP contribution in [0.5, 0.6) is 0 Å². The molecule has 3 aliphatic heterocycles. The maximum Gasteiger partial charge on any atom is 0.315 e. The van der Waals surface area contributed by atoms with Crippen molar-refractivity contribution in [2.45, 2.75) is 204 Å². The van der Waals surface area contributed by atoms with E-state index in [1.54, 1.807) is 0 Å². The van der Waals surface area contributed by atoms with Crippen molar-refractivity contribution in [2.75, 3.05) is 19.8 Å². The minimum Gasteiger partial charge on any atom is -0.432 e. The van der Waals surface area contributed by atoms with Crippen LogP contribution >= 0.6 is 0 Å². The molecule has 0 spiro atoms. The van der Waals surface area contributed by atoms with E-state index in [0.29, 0.717) is 38.5 Å². The van der Waals surface area contributed by atoms with Crippen LogP contribution in [0.15, 0.2) is 11.6 Å². The zero-order valence-electron chi connectivity index (χ0n) is 38.8. The van der Waals surface area contributed by atoms with Crippen LogP contribution in [-0.2, 0) is 33.2 Å². The van der Waals surface area contributed by atoms with Crippen molar-refractivity contribution in [3.8, 4) is 0 Å². The average molecular weight is 929 g/mol. The fraction of sp³-hybridized carbons (Fsp3) is 0.936. The van der Waals surface area contributed by atoms with Crippen LogP contribution in [0.25, 0.3) is 0 Å². The Labute approximate surface area is 380 Å². The number of esters is 1. The third-order valence-electron chi connectivity index (χ3n) is 19.3. The summed E-state index contributed by atoms with van der Waals surface area (Å²) < 4.78 is 35.5. The van der Waals surface area contributed by atoms with Gasteiger partial charge in [0.05, 0.1) is 36.9 Å². The normalized spacial score (nSPS) is 55.4. The number of ether oxygens (including phenoxy) is 6. The van der Waals surface area contributed by atoms with Gasteiger partial charge in [-0.2, -0.15) is 0 Å². The Balaban J connectivity index is 1.02. The Morgan fingerprint density at radius 1 is 0.692 bits per heavy atom. The lowest BCUT2D eigenvalue weighted by Gasteiger charge is -2.72. The Bertz CT molecular complexity index is 1770. The molecule has 372 valence electrons. The second-order valence-electron chi connectivity index (χ2n) is 22.7. The maximum atomic E-state index is 14.7. The van der Waals surface area contributed by atoms with Crippen molar-refractivity contribution in [2.24, 2.45) is 50.7 Å². The summed E-state index contributed by atoms with van der Waals surface area (Å²) in [6, 6.07) is 0. The second kappa shape index (κ2) is 17.5. The lowest BCUT2D eigenvalue weighted by molar-refractivity contribution is -0.357. The van der Waals surface area contributed by atoms with Crippen LogP contribution in [0.4, 0.5) is 0 Å². The molecule has 24 atom stereocenters. The molecule has 8 rings (SSSR count). The number of fused-ring (bicyclic) bond motifs is 7. The van der Waals surface area contributed by atoms with Gasteiger partial charge in [0.15, 0.2) is 12.6 Å². The van der Waals surface area contributed by atoms with Gasteiger partial charge in [-0.3, -0.25) is 4.79 Å². The third kappa shape index (κ3) is 7.53.